The number of esters is 1. The van der Waals surface area contributed by atoms with Crippen LogP contribution in [0.3, 0.4) is 0 Å². The van der Waals surface area contributed by atoms with Crippen molar-refractivity contribution in [1.29, 1.82) is 0 Å². The zero-order valence-corrected chi connectivity index (χ0v) is 13.0. The minimum Gasteiger partial charge on any atom is -0.484 e. The highest BCUT2D eigenvalue weighted by Gasteiger charge is 2.07. The van der Waals surface area contributed by atoms with E-state index in [1.54, 1.807) is 31.2 Å². The molecule has 0 radical (unpaired) electrons. The Bertz CT molecular complexity index is 638. The summed E-state index contributed by atoms with van der Waals surface area (Å²) in [6.45, 7) is 2.47. The summed E-state index contributed by atoms with van der Waals surface area (Å²) in [5, 5.41) is 2.78. The average molecular weight is 313 g/mol. The van der Waals surface area contributed by atoms with E-state index in [2.05, 4.69) is 5.32 Å². The van der Waals surface area contributed by atoms with Crippen molar-refractivity contribution in [1.82, 2.24) is 5.32 Å². The Morgan fingerprint density at radius 3 is 2.35 bits per heavy atom. The minimum absolute atomic E-state index is 0.0778. The molecule has 0 atom stereocenters. The molecule has 0 unspecified atom stereocenters. The molecule has 0 aliphatic rings. The van der Waals surface area contributed by atoms with E-state index in [4.69, 9.17) is 9.47 Å². The van der Waals surface area contributed by atoms with Crippen molar-refractivity contribution in [2.24, 2.45) is 0 Å². The molecule has 2 rings (SSSR count). The quantitative estimate of drug-likeness (QED) is 0.798. The molecule has 0 aliphatic carbocycles. The molecule has 5 nitrogen and oxygen atoms in total. The van der Waals surface area contributed by atoms with Gasteiger partial charge in [-0.1, -0.05) is 30.3 Å². The molecule has 0 saturated heterocycles. The highest BCUT2D eigenvalue weighted by atomic mass is 16.5. The van der Waals surface area contributed by atoms with Gasteiger partial charge in [-0.25, -0.2) is 4.79 Å². The van der Waals surface area contributed by atoms with Crippen LogP contribution >= 0.6 is 0 Å². The standard InChI is InChI=1S/C18H19NO4/c1-2-22-18(21)15-8-10-16(11-9-15)23-13-17(20)19-12-14-6-4-3-5-7-14/h3-11H,2,12-13H2,1H3,(H,19,20). The Morgan fingerprint density at radius 1 is 1.00 bits per heavy atom. The number of carbonyl (C=O) groups is 2. The normalized spacial score (nSPS) is 9.96. The van der Waals surface area contributed by atoms with Crippen LogP contribution in [0.5, 0.6) is 5.75 Å². The summed E-state index contributed by atoms with van der Waals surface area (Å²) in [6, 6.07) is 16.1. The van der Waals surface area contributed by atoms with Gasteiger partial charge in [0.25, 0.3) is 5.91 Å². The van der Waals surface area contributed by atoms with Crippen LogP contribution in [-0.2, 0) is 16.1 Å². The predicted octanol–water partition coefficient (Wildman–Crippen LogP) is 2.56. The Balaban J connectivity index is 1.77. The Morgan fingerprint density at radius 2 is 1.70 bits per heavy atom. The largest absolute Gasteiger partial charge is 0.484 e. The SMILES string of the molecule is CCOC(=O)c1ccc(OCC(=O)NCc2ccccc2)cc1. The maximum Gasteiger partial charge on any atom is 0.338 e. The molecule has 2 aromatic rings. The van der Waals surface area contributed by atoms with Crippen LogP contribution in [0.25, 0.3) is 0 Å². The van der Waals surface area contributed by atoms with E-state index in [0.717, 1.165) is 5.56 Å². The fraction of sp³-hybridized carbons (Fsp3) is 0.222. The monoisotopic (exact) mass is 313 g/mol. The fourth-order valence-electron chi connectivity index (χ4n) is 1.90. The molecule has 0 bridgehead atoms. The lowest BCUT2D eigenvalue weighted by molar-refractivity contribution is -0.123. The Labute approximate surface area is 135 Å². The van der Waals surface area contributed by atoms with Crippen molar-refractivity contribution in [3.05, 3.63) is 65.7 Å². The maximum atomic E-state index is 11.7. The van der Waals surface area contributed by atoms with Gasteiger partial charge in [0.15, 0.2) is 6.61 Å². The van der Waals surface area contributed by atoms with Gasteiger partial charge in [-0.3, -0.25) is 4.79 Å². The molecule has 5 heteroatoms. The van der Waals surface area contributed by atoms with Gasteiger partial charge in [0.2, 0.25) is 0 Å². The second-order valence-electron chi connectivity index (χ2n) is 4.80. The van der Waals surface area contributed by atoms with Gasteiger partial charge in [-0.15, -0.1) is 0 Å². The number of amides is 1. The van der Waals surface area contributed by atoms with Crippen LogP contribution in [0.15, 0.2) is 54.6 Å². The van der Waals surface area contributed by atoms with Crippen LogP contribution in [0, 0.1) is 0 Å². The first kappa shape index (κ1) is 16.5. The molecule has 1 amide bonds. The highest BCUT2D eigenvalue weighted by molar-refractivity contribution is 5.89. The van der Waals surface area contributed by atoms with Gasteiger partial charge in [0, 0.05) is 6.54 Å². The predicted molar refractivity (Wildman–Crippen MR) is 86.2 cm³/mol. The lowest BCUT2D eigenvalue weighted by Crippen LogP contribution is -2.28. The third-order valence-electron chi connectivity index (χ3n) is 3.07. The molecule has 23 heavy (non-hydrogen) atoms. The van der Waals surface area contributed by atoms with Crippen LogP contribution in [0.2, 0.25) is 0 Å². The smallest absolute Gasteiger partial charge is 0.338 e. The average Bonchev–Trinajstić information content (AvgIpc) is 2.59. The molecular formula is C18H19NO4. The fourth-order valence-corrected chi connectivity index (χ4v) is 1.90. The minimum atomic E-state index is -0.375. The van der Waals surface area contributed by atoms with E-state index in [9.17, 15) is 9.59 Å². The molecule has 0 fully saturated rings. The van der Waals surface area contributed by atoms with Crippen molar-refractivity contribution in [3.8, 4) is 5.75 Å². The third-order valence-corrected chi connectivity index (χ3v) is 3.07. The van der Waals surface area contributed by atoms with E-state index in [1.165, 1.54) is 0 Å². The number of carbonyl (C=O) groups excluding carboxylic acids is 2. The first-order valence-electron chi connectivity index (χ1n) is 7.39. The maximum absolute atomic E-state index is 11.7. The summed E-state index contributed by atoms with van der Waals surface area (Å²) in [5.74, 6) is -0.0594. The summed E-state index contributed by atoms with van der Waals surface area (Å²) in [6.07, 6.45) is 0. The molecule has 0 heterocycles. The first-order valence-corrected chi connectivity index (χ1v) is 7.39. The van der Waals surface area contributed by atoms with Gasteiger partial charge >= 0.3 is 5.97 Å². The lowest BCUT2D eigenvalue weighted by Gasteiger charge is -2.08. The van der Waals surface area contributed by atoms with Crippen molar-refractivity contribution in [3.63, 3.8) is 0 Å². The topological polar surface area (TPSA) is 64.6 Å². The molecule has 0 spiro atoms. The summed E-state index contributed by atoms with van der Waals surface area (Å²) in [7, 11) is 0. The van der Waals surface area contributed by atoms with Crippen molar-refractivity contribution < 1.29 is 19.1 Å². The second kappa shape index (κ2) is 8.58. The van der Waals surface area contributed by atoms with Crippen molar-refractivity contribution in [2.75, 3.05) is 13.2 Å². The molecule has 0 aliphatic heterocycles. The summed E-state index contributed by atoms with van der Waals surface area (Å²) in [5.41, 5.74) is 1.48. The molecule has 0 aromatic heterocycles. The highest BCUT2D eigenvalue weighted by Crippen LogP contribution is 2.12. The summed E-state index contributed by atoms with van der Waals surface area (Å²) < 4.78 is 10.3. The Kier molecular flexibility index (Phi) is 6.17. The zero-order chi connectivity index (χ0) is 16.5. The van der Waals surface area contributed by atoms with Crippen LogP contribution in [-0.4, -0.2) is 25.1 Å². The first-order chi connectivity index (χ1) is 11.2. The third kappa shape index (κ3) is 5.47. The van der Waals surface area contributed by atoms with Gasteiger partial charge in [-0.05, 0) is 36.8 Å². The van der Waals surface area contributed by atoms with E-state index in [1.807, 2.05) is 30.3 Å². The summed E-state index contributed by atoms with van der Waals surface area (Å²) >= 11 is 0. The van der Waals surface area contributed by atoms with Crippen LogP contribution in [0.4, 0.5) is 0 Å². The number of nitrogens with one attached hydrogen (secondary N) is 1. The van der Waals surface area contributed by atoms with Gasteiger partial charge in [-0.2, -0.15) is 0 Å². The molecule has 120 valence electrons. The molecule has 2 aromatic carbocycles. The summed E-state index contributed by atoms with van der Waals surface area (Å²) in [4.78, 5) is 23.3. The second-order valence-corrected chi connectivity index (χ2v) is 4.80. The Hall–Kier alpha value is -2.82. The number of benzene rings is 2. The van der Waals surface area contributed by atoms with Gasteiger partial charge in [0.1, 0.15) is 5.75 Å². The van der Waals surface area contributed by atoms with Gasteiger partial charge < -0.3 is 14.8 Å². The van der Waals surface area contributed by atoms with E-state index < -0.39 is 0 Å². The van der Waals surface area contributed by atoms with E-state index in [-0.39, 0.29) is 18.5 Å². The van der Waals surface area contributed by atoms with E-state index >= 15 is 0 Å². The van der Waals surface area contributed by atoms with Crippen LogP contribution < -0.4 is 10.1 Å². The molecular weight excluding hydrogens is 294 g/mol. The molecule has 1 N–H and O–H groups in total. The van der Waals surface area contributed by atoms with Crippen molar-refractivity contribution in [2.45, 2.75) is 13.5 Å². The zero-order valence-electron chi connectivity index (χ0n) is 13.0. The van der Waals surface area contributed by atoms with Gasteiger partial charge in [0.05, 0.1) is 12.2 Å². The lowest BCUT2D eigenvalue weighted by atomic mass is 10.2. The van der Waals surface area contributed by atoms with Crippen LogP contribution in [0.1, 0.15) is 22.8 Å². The van der Waals surface area contributed by atoms with Crippen molar-refractivity contribution >= 4 is 11.9 Å². The number of hydrogen-bond donors (Lipinski definition) is 1. The number of ether oxygens (including phenoxy) is 2. The molecule has 0 saturated carbocycles. The number of hydrogen-bond acceptors (Lipinski definition) is 4. The van der Waals surface area contributed by atoms with E-state index in [0.29, 0.717) is 24.5 Å². The number of rotatable bonds is 7.